The first-order valence-corrected chi connectivity index (χ1v) is 9.63. The number of carbonyl (C=O) groups is 1. The molecule has 0 aliphatic heterocycles. The normalized spacial score (nSPS) is 14.0. The number of rotatable bonds is 5. The van der Waals surface area contributed by atoms with E-state index >= 15 is 0 Å². The van der Waals surface area contributed by atoms with Gasteiger partial charge in [0, 0.05) is 17.6 Å². The van der Waals surface area contributed by atoms with Crippen LogP contribution >= 0.6 is 27.5 Å². The van der Waals surface area contributed by atoms with Crippen LogP contribution in [0.4, 0.5) is 5.82 Å². The summed E-state index contributed by atoms with van der Waals surface area (Å²) in [5.74, 6) is 0.726. The third kappa shape index (κ3) is 4.14. The fourth-order valence-electron chi connectivity index (χ4n) is 2.98. The minimum Gasteiger partial charge on any atom is -0.267 e. The predicted molar refractivity (Wildman–Crippen MR) is 103 cm³/mol. The molecule has 3 rings (SSSR count). The Morgan fingerprint density at radius 1 is 1.35 bits per heavy atom. The number of hydrogen-bond donors (Lipinski definition) is 1. The Balaban J connectivity index is 1.89. The van der Waals surface area contributed by atoms with Crippen LogP contribution in [0.1, 0.15) is 47.4 Å². The van der Waals surface area contributed by atoms with Crippen LogP contribution in [-0.2, 0) is 5.88 Å². The summed E-state index contributed by atoms with van der Waals surface area (Å²) >= 11 is 9.23. The van der Waals surface area contributed by atoms with Crippen molar-refractivity contribution in [3.8, 4) is 6.07 Å². The van der Waals surface area contributed by atoms with E-state index in [0.29, 0.717) is 21.7 Å². The number of nitrogens with zero attached hydrogens (tertiary/aromatic N) is 4. The van der Waals surface area contributed by atoms with E-state index < -0.39 is 0 Å². The van der Waals surface area contributed by atoms with Crippen LogP contribution in [0, 0.1) is 11.3 Å². The van der Waals surface area contributed by atoms with Gasteiger partial charge in [0.05, 0.1) is 10.5 Å². The van der Waals surface area contributed by atoms with Crippen molar-refractivity contribution < 1.29 is 4.79 Å². The summed E-state index contributed by atoms with van der Waals surface area (Å²) in [5, 5.41) is 10.9. The van der Waals surface area contributed by atoms with Crippen LogP contribution in [-0.4, -0.2) is 21.9 Å². The number of carbonyl (C=O) groups excluding carboxylic acids is 1. The van der Waals surface area contributed by atoms with Crippen molar-refractivity contribution in [2.45, 2.75) is 37.6 Å². The molecule has 8 heteroatoms. The number of nitrogens with one attached hydrogen (secondary N) is 1. The molecule has 1 aliphatic rings. The van der Waals surface area contributed by atoms with E-state index in [1.807, 2.05) is 18.2 Å². The minimum absolute atomic E-state index is 0.0620. The van der Waals surface area contributed by atoms with Gasteiger partial charge in [-0.2, -0.15) is 10.2 Å². The quantitative estimate of drug-likeness (QED) is 0.569. The largest absolute Gasteiger partial charge is 0.269 e. The first-order chi connectivity index (χ1) is 12.6. The van der Waals surface area contributed by atoms with Gasteiger partial charge in [0.15, 0.2) is 5.82 Å². The highest BCUT2D eigenvalue weighted by Gasteiger charge is 2.27. The predicted octanol–water partition coefficient (Wildman–Crippen LogP) is 3.94. The molecule has 2 aromatic rings. The number of amides is 1. The Morgan fingerprint density at radius 2 is 2.04 bits per heavy atom. The lowest BCUT2D eigenvalue weighted by Crippen LogP contribution is -2.48. The standard InChI is InChI=1S/C18H17BrClN5O/c19-15-11-22-16(10-21)23-17(15)25(14-3-1-2-4-14)24-18(26)13-7-5-12(9-20)6-8-13/h5-8,11,14H,1-4,9H2,(H,24,26). The zero-order valence-corrected chi connectivity index (χ0v) is 16.3. The molecule has 1 aromatic heterocycles. The Kier molecular flexibility index (Phi) is 6.07. The monoisotopic (exact) mass is 433 g/mol. The zero-order chi connectivity index (χ0) is 18.5. The highest BCUT2D eigenvalue weighted by molar-refractivity contribution is 9.10. The fourth-order valence-corrected chi connectivity index (χ4v) is 3.54. The average molecular weight is 435 g/mol. The summed E-state index contributed by atoms with van der Waals surface area (Å²) < 4.78 is 0.626. The molecule has 0 radical (unpaired) electrons. The Morgan fingerprint density at radius 3 is 2.65 bits per heavy atom. The SMILES string of the molecule is N#Cc1ncc(Br)c(N(NC(=O)c2ccc(CCl)cc2)C2CCCC2)n1. The van der Waals surface area contributed by atoms with Crippen molar-refractivity contribution in [2.75, 3.05) is 5.01 Å². The number of alkyl halides is 1. The van der Waals surface area contributed by atoms with Gasteiger partial charge in [0.25, 0.3) is 5.91 Å². The number of nitriles is 1. The third-order valence-corrected chi connectivity index (χ3v) is 5.20. The highest BCUT2D eigenvalue weighted by atomic mass is 79.9. The smallest absolute Gasteiger partial charge is 0.267 e. The maximum absolute atomic E-state index is 12.7. The minimum atomic E-state index is -0.234. The van der Waals surface area contributed by atoms with E-state index in [0.717, 1.165) is 31.2 Å². The molecule has 1 saturated carbocycles. The van der Waals surface area contributed by atoms with Crippen LogP contribution in [0.5, 0.6) is 0 Å². The summed E-state index contributed by atoms with van der Waals surface area (Å²) in [4.78, 5) is 21.0. The summed E-state index contributed by atoms with van der Waals surface area (Å²) in [7, 11) is 0. The van der Waals surface area contributed by atoms with Gasteiger partial charge in [-0.25, -0.2) is 4.98 Å². The topological polar surface area (TPSA) is 81.9 Å². The molecule has 0 unspecified atom stereocenters. The van der Waals surface area contributed by atoms with Gasteiger partial charge in [-0.3, -0.25) is 15.2 Å². The van der Waals surface area contributed by atoms with Crippen molar-refractivity contribution in [1.82, 2.24) is 15.4 Å². The average Bonchev–Trinajstić information content (AvgIpc) is 3.21. The van der Waals surface area contributed by atoms with Crippen molar-refractivity contribution >= 4 is 39.3 Å². The van der Waals surface area contributed by atoms with Crippen molar-refractivity contribution in [1.29, 1.82) is 5.26 Å². The van der Waals surface area contributed by atoms with Gasteiger partial charge < -0.3 is 0 Å². The summed E-state index contributed by atoms with van der Waals surface area (Å²) in [6.45, 7) is 0. The van der Waals surface area contributed by atoms with E-state index in [1.165, 1.54) is 6.20 Å². The van der Waals surface area contributed by atoms with Gasteiger partial charge in [-0.15, -0.1) is 11.6 Å². The lowest BCUT2D eigenvalue weighted by atomic mass is 10.1. The fraction of sp³-hybridized carbons (Fsp3) is 0.333. The Labute approximate surface area is 165 Å². The van der Waals surface area contributed by atoms with E-state index in [1.54, 1.807) is 17.1 Å². The van der Waals surface area contributed by atoms with Crippen molar-refractivity contribution in [2.24, 2.45) is 0 Å². The summed E-state index contributed by atoms with van der Waals surface area (Å²) in [5.41, 5.74) is 4.44. The Bertz CT molecular complexity index is 830. The first-order valence-electron chi connectivity index (χ1n) is 8.30. The molecule has 1 heterocycles. The molecule has 1 fully saturated rings. The molecular formula is C18H17BrClN5O. The van der Waals surface area contributed by atoms with Gasteiger partial charge in [-0.05, 0) is 46.5 Å². The van der Waals surface area contributed by atoms with Crippen LogP contribution < -0.4 is 10.4 Å². The van der Waals surface area contributed by atoms with Crippen LogP contribution in [0.25, 0.3) is 0 Å². The molecule has 1 aliphatic carbocycles. The van der Waals surface area contributed by atoms with Crippen molar-refractivity contribution in [3.05, 3.63) is 51.9 Å². The number of aromatic nitrogens is 2. The molecule has 0 atom stereocenters. The summed E-state index contributed by atoms with van der Waals surface area (Å²) in [6.07, 6.45) is 5.61. The second-order valence-corrected chi connectivity index (χ2v) is 7.18. The molecule has 0 bridgehead atoms. The molecule has 26 heavy (non-hydrogen) atoms. The second kappa shape index (κ2) is 8.47. The van der Waals surface area contributed by atoms with E-state index in [4.69, 9.17) is 16.9 Å². The van der Waals surface area contributed by atoms with Crippen LogP contribution in [0.3, 0.4) is 0 Å². The van der Waals surface area contributed by atoms with Gasteiger partial charge in [0.1, 0.15) is 6.07 Å². The van der Waals surface area contributed by atoms with Crippen molar-refractivity contribution in [3.63, 3.8) is 0 Å². The van der Waals surface area contributed by atoms with Crippen LogP contribution in [0.2, 0.25) is 0 Å². The summed E-state index contributed by atoms with van der Waals surface area (Å²) in [6, 6.07) is 9.22. The Hall–Kier alpha value is -2.17. The third-order valence-electron chi connectivity index (χ3n) is 4.34. The van der Waals surface area contributed by atoms with E-state index in [2.05, 4.69) is 31.3 Å². The number of anilines is 1. The maximum atomic E-state index is 12.7. The van der Waals surface area contributed by atoms with E-state index in [9.17, 15) is 4.79 Å². The van der Waals surface area contributed by atoms with Crippen LogP contribution in [0.15, 0.2) is 34.9 Å². The molecule has 1 N–H and O–H groups in total. The lowest BCUT2D eigenvalue weighted by Gasteiger charge is -2.30. The van der Waals surface area contributed by atoms with Gasteiger partial charge in [-0.1, -0.05) is 25.0 Å². The van der Waals surface area contributed by atoms with Gasteiger partial charge in [0.2, 0.25) is 5.82 Å². The highest BCUT2D eigenvalue weighted by Crippen LogP contribution is 2.30. The number of halogens is 2. The molecule has 1 aromatic carbocycles. The van der Waals surface area contributed by atoms with Gasteiger partial charge >= 0.3 is 0 Å². The molecule has 134 valence electrons. The molecule has 1 amide bonds. The zero-order valence-electron chi connectivity index (χ0n) is 14.0. The molecule has 0 saturated heterocycles. The second-order valence-electron chi connectivity index (χ2n) is 6.06. The lowest BCUT2D eigenvalue weighted by molar-refractivity contribution is 0.0943. The maximum Gasteiger partial charge on any atom is 0.269 e. The first kappa shape index (κ1) is 18.6. The van der Waals surface area contributed by atoms with E-state index in [-0.39, 0.29) is 17.8 Å². The number of hydrogen-bond acceptors (Lipinski definition) is 5. The number of hydrazine groups is 1. The number of benzene rings is 1. The molecule has 6 nitrogen and oxygen atoms in total. The molecular weight excluding hydrogens is 418 g/mol. The molecule has 0 spiro atoms.